The molecule has 0 saturated carbocycles. The number of rotatable bonds is 5. The molecule has 0 amide bonds. The van der Waals surface area contributed by atoms with E-state index in [2.05, 4.69) is 25.1 Å². The van der Waals surface area contributed by atoms with Crippen LogP contribution in [0.2, 0.25) is 5.02 Å². The molecular weight excluding hydrogens is 270 g/mol. The quantitative estimate of drug-likeness (QED) is 0.893. The third-order valence-electron chi connectivity index (χ3n) is 3.17. The third-order valence-corrected chi connectivity index (χ3v) is 3.40. The molecule has 0 aromatic heterocycles. The highest BCUT2D eigenvalue weighted by Crippen LogP contribution is 2.23. The van der Waals surface area contributed by atoms with Gasteiger partial charge in [-0.05, 0) is 37.1 Å². The zero-order valence-electron chi connectivity index (χ0n) is 11.8. The molecule has 3 heteroatoms. The molecule has 2 unspecified atom stereocenters. The van der Waals surface area contributed by atoms with Crippen LogP contribution in [0.4, 0.5) is 0 Å². The molecule has 0 fully saturated rings. The number of hydrogen-bond acceptors (Lipinski definition) is 2. The molecule has 0 bridgehead atoms. The number of hydrogen-bond donors (Lipinski definition) is 1. The van der Waals surface area contributed by atoms with Gasteiger partial charge in [0.2, 0.25) is 0 Å². The lowest BCUT2D eigenvalue weighted by Crippen LogP contribution is -2.27. The first kappa shape index (κ1) is 15.0. The van der Waals surface area contributed by atoms with Crippen LogP contribution >= 0.6 is 11.6 Å². The van der Waals surface area contributed by atoms with E-state index in [0.717, 1.165) is 16.1 Å². The number of aryl methyl sites for hydroxylation is 1. The Kier molecular flexibility index (Phi) is 5.18. The standard InChI is InChI=1S/C17H20ClNO/c1-12-5-3-7-15(9-12)17(13(2)19)20-11-14-6-4-8-16(18)10-14/h3-10,13,17H,11,19H2,1-2H3. The van der Waals surface area contributed by atoms with Gasteiger partial charge in [-0.15, -0.1) is 0 Å². The molecule has 0 heterocycles. The van der Waals surface area contributed by atoms with E-state index in [4.69, 9.17) is 22.1 Å². The predicted octanol–water partition coefficient (Wildman–Crippen LogP) is 4.25. The van der Waals surface area contributed by atoms with Gasteiger partial charge in [-0.3, -0.25) is 0 Å². The minimum Gasteiger partial charge on any atom is -0.367 e. The van der Waals surface area contributed by atoms with Gasteiger partial charge in [0.1, 0.15) is 0 Å². The van der Waals surface area contributed by atoms with Crippen molar-refractivity contribution < 1.29 is 4.74 Å². The summed E-state index contributed by atoms with van der Waals surface area (Å²) in [4.78, 5) is 0. The molecule has 2 aromatic carbocycles. The average molecular weight is 290 g/mol. The van der Waals surface area contributed by atoms with Gasteiger partial charge in [-0.1, -0.05) is 53.6 Å². The first-order valence-electron chi connectivity index (χ1n) is 6.74. The summed E-state index contributed by atoms with van der Waals surface area (Å²) in [5.74, 6) is 0. The molecule has 0 radical (unpaired) electrons. The Bertz CT molecular complexity index is 568. The van der Waals surface area contributed by atoms with Crippen molar-refractivity contribution in [2.45, 2.75) is 32.6 Å². The molecule has 0 spiro atoms. The fraction of sp³-hybridized carbons (Fsp3) is 0.294. The van der Waals surface area contributed by atoms with E-state index in [1.165, 1.54) is 5.56 Å². The molecule has 0 aliphatic heterocycles. The molecule has 0 aliphatic rings. The van der Waals surface area contributed by atoms with E-state index in [9.17, 15) is 0 Å². The van der Waals surface area contributed by atoms with Crippen molar-refractivity contribution in [3.8, 4) is 0 Å². The number of nitrogens with two attached hydrogens (primary N) is 1. The average Bonchev–Trinajstić information content (AvgIpc) is 2.38. The second-order valence-electron chi connectivity index (χ2n) is 5.13. The van der Waals surface area contributed by atoms with Crippen LogP contribution in [0.5, 0.6) is 0 Å². The highest BCUT2D eigenvalue weighted by atomic mass is 35.5. The first-order valence-corrected chi connectivity index (χ1v) is 7.12. The summed E-state index contributed by atoms with van der Waals surface area (Å²) < 4.78 is 6.00. The van der Waals surface area contributed by atoms with Crippen LogP contribution in [0.3, 0.4) is 0 Å². The Morgan fingerprint density at radius 2 is 1.90 bits per heavy atom. The monoisotopic (exact) mass is 289 g/mol. The van der Waals surface area contributed by atoms with Crippen LogP contribution in [0.25, 0.3) is 0 Å². The van der Waals surface area contributed by atoms with Gasteiger partial charge in [0.15, 0.2) is 0 Å². The van der Waals surface area contributed by atoms with E-state index in [1.54, 1.807) is 0 Å². The zero-order valence-corrected chi connectivity index (χ0v) is 12.6. The molecule has 106 valence electrons. The maximum Gasteiger partial charge on any atom is 0.0977 e. The van der Waals surface area contributed by atoms with Gasteiger partial charge < -0.3 is 10.5 Å². The molecule has 2 atom stereocenters. The summed E-state index contributed by atoms with van der Waals surface area (Å²) in [6.07, 6.45) is -0.117. The highest BCUT2D eigenvalue weighted by molar-refractivity contribution is 6.30. The van der Waals surface area contributed by atoms with Gasteiger partial charge in [0, 0.05) is 11.1 Å². The molecule has 0 saturated heterocycles. The van der Waals surface area contributed by atoms with Crippen molar-refractivity contribution in [2.24, 2.45) is 5.73 Å². The van der Waals surface area contributed by atoms with Crippen molar-refractivity contribution in [2.75, 3.05) is 0 Å². The number of halogens is 1. The van der Waals surface area contributed by atoms with Crippen LogP contribution < -0.4 is 5.73 Å². The fourth-order valence-electron chi connectivity index (χ4n) is 2.21. The molecule has 2 rings (SSSR count). The van der Waals surface area contributed by atoms with Gasteiger partial charge in [0.05, 0.1) is 12.7 Å². The van der Waals surface area contributed by atoms with Crippen LogP contribution in [0.1, 0.15) is 29.7 Å². The lowest BCUT2D eigenvalue weighted by atomic mass is 10.0. The predicted molar refractivity (Wildman–Crippen MR) is 83.8 cm³/mol. The number of ether oxygens (including phenoxy) is 1. The van der Waals surface area contributed by atoms with Crippen molar-refractivity contribution in [1.29, 1.82) is 0 Å². The second kappa shape index (κ2) is 6.89. The molecule has 2 N–H and O–H groups in total. The van der Waals surface area contributed by atoms with Crippen LogP contribution in [-0.4, -0.2) is 6.04 Å². The lowest BCUT2D eigenvalue weighted by molar-refractivity contribution is 0.0259. The van der Waals surface area contributed by atoms with Gasteiger partial charge in [-0.25, -0.2) is 0 Å². The maximum atomic E-state index is 6.06. The molecule has 20 heavy (non-hydrogen) atoms. The van der Waals surface area contributed by atoms with E-state index in [1.807, 2.05) is 37.3 Å². The Morgan fingerprint density at radius 3 is 2.55 bits per heavy atom. The van der Waals surface area contributed by atoms with Gasteiger partial charge in [-0.2, -0.15) is 0 Å². The van der Waals surface area contributed by atoms with E-state index >= 15 is 0 Å². The number of benzene rings is 2. The Labute approximate surface area is 125 Å². The first-order chi connectivity index (χ1) is 9.56. The SMILES string of the molecule is Cc1cccc(C(OCc2cccc(Cl)c2)C(C)N)c1. The summed E-state index contributed by atoms with van der Waals surface area (Å²) in [5, 5.41) is 0.721. The summed E-state index contributed by atoms with van der Waals surface area (Å²) in [5.41, 5.74) is 9.43. The van der Waals surface area contributed by atoms with Crippen molar-refractivity contribution in [3.05, 3.63) is 70.2 Å². The van der Waals surface area contributed by atoms with E-state index in [0.29, 0.717) is 6.61 Å². The van der Waals surface area contributed by atoms with Gasteiger partial charge in [0.25, 0.3) is 0 Å². The molecule has 2 aromatic rings. The minimum atomic E-state index is -0.117. The minimum absolute atomic E-state index is 0.0732. The molecular formula is C17H20ClNO. The second-order valence-corrected chi connectivity index (χ2v) is 5.57. The van der Waals surface area contributed by atoms with Crippen molar-refractivity contribution >= 4 is 11.6 Å². The fourth-order valence-corrected chi connectivity index (χ4v) is 2.42. The van der Waals surface area contributed by atoms with Gasteiger partial charge >= 0.3 is 0 Å². The third kappa shape index (κ3) is 4.07. The van der Waals surface area contributed by atoms with Crippen LogP contribution in [0.15, 0.2) is 48.5 Å². The Balaban J connectivity index is 2.10. The summed E-state index contributed by atoms with van der Waals surface area (Å²) in [7, 11) is 0. The van der Waals surface area contributed by atoms with E-state index < -0.39 is 0 Å². The molecule has 0 aliphatic carbocycles. The zero-order chi connectivity index (χ0) is 14.5. The summed E-state index contributed by atoms with van der Waals surface area (Å²) in [6.45, 7) is 4.53. The normalized spacial score (nSPS) is 14.0. The van der Waals surface area contributed by atoms with Crippen LogP contribution in [0, 0.1) is 6.92 Å². The Hall–Kier alpha value is -1.35. The lowest BCUT2D eigenvalue weighted by Gasteiger charge is -2.22. The summed E-state index contributed by atoms with van der Waals surface area (Å²) >= 11 is 5.98. The van der Waals surface area contributed by atoms with Crippen molar-refractivity contribution in [3.63, 3.8) is 0 Å². The highest BCUT2D eigenvalue weighted by Gasteiger charge is 2.17. The van der Waals surface area contributed by atoms with E-state index in [-0.39, 0.29) is 12.1 Å². The van der Waals surface area contributed by atoms with Crippen LogP contribution in [-0.2, 0) is 11.3 Å². The topological polar surface area (TPSA) is 35.2 Å². The molecule has 2 nitrogen and oxygen atoms in total. The Morgan fingerprint density at radius 1 is 1.15 bits per heavy atom. The maximum absolute atomic E-state index is 6.06. The van der Waals surface area contributed by atoms with Crippen molar-refractivity contribution in [1.82, 2.24) is 0 Å². The largest absolute Gasteiger partial charge is 0.367 e. The summed E-state index contributed by atoms with van der Waals surface area (Å²) in [6, 6.07) is 15.9. The smallest absolute Gasteiger partial charge is 0.0977 e.